The normalized spacial score (nSPS) is 12.7. The van der Waals surface area contributed by atoms with Gasteiger partial charge in [-0.1, -0.05) is 19.4 Å². The van der Waals surface area contributed by atoms with Crippen LogP contribution < -0.4 is 5.32 Å². The molecule has 0 bridgehead atoms. The lowest BCUT2D eigenvalue weighted by molar-refractivity contribution is 0.615. The number of fused-ring (bicyclic) bond motifs is 1. The standard InChI is InChI=1S/C15H16N2OS/c1-2-4-12(14-5-3-10-19-14)17-15-11-7-9-18-13(11)6-8-16-15/h3,5-10,12H,2,4H2,1H3,(H,16,17). The Kier molecular flexibility index (Phi) is 3.51. The summed E-state index contributed by atoms with van der Waals surface area (Å²) in [6.45, 7) is 2.20. The van der Waals surface area contributed by atoms with Crippen molar-refractivity contribution >= 4 is 28.1 Å². The zero-order chi connectivity index (χ0) is 13.1. The molecule has 0 aliphatic heterocycles. The van der Waals surface area contributed by atoms with Gasteiger partial charge in [-0.3, -0.25) is 0 Å². The topological polar surface area (TPSA) is 38.1 Å². The number of thiophene rings is 1. The molecular formula is C15H16N2OS. The van der Waals surface area contributed by atoms with Gasteiger partial charge >= 0.3 is 0 Å². The second-order valence-corrected chi connectivity index (χ2v) is 5.47. The maximum atomic E-state index is 5.41. The summed E-state index contributed by atoms with van der Waals surface area (Å²) >= 11 is 1.78. The molecule has 98 valence electrons. The molecule has 1 unspecified atom stereocenters. The van der Waals surface area contributed by atoms with Crippen molar-refractivity contribution in [2.45, 2.75) is 25.8 Å². The van der Waals surface area contributed by atoms with Crippen molar-refractivity contribution in [2.24, 2.45) is 0 Å². The van der Waals surface area contributed by atoms with E-state index in [2.05, 4.69) is 34.7 Å². The number of nitrogens with zero attached hydrogens (tertiary/aromatic N) is 1. The van der Waals surface area contributed by atoms with Crippen LogP contribution in [0.3, 0.4) is 0 Å². The Balaban J connectivity index is 1.91. The zero-order valence-corrected chi connectivity index (χ0v) is 11.6. The maximum Gasteiger partial charge on any atom is 0.139 e. The van der Waals surface area contributed by atoms with Crippen molar-refractivity contribution < 1.29 is 4.42 Å². The molecule has 1 N–H and O–H groups in total. The molecule has 0 aliphatic carbocycles. The van der Waals surface area contributed by atoms with E-state index in [1.807, 2.05) is 12.1 Å². The van der Waals surface area contributed by atoms with Gasteiger partial charge in [0.1, 0.15) is 11.4 Å². The average Bonchev–Trinajstić information content (AvgIpc) is 3.10. The molecule has 0 amide bonds. The van der Waals surface area contributed by atoms with Crippen LogP contribution in [0.15, 0.2) is 46.5 Å². The van der Waals surface area contributed by atoms with Gasteiger partial charge in [0.05, 0.1) is 17.7 Å². The third-order valence-corrected chi connectivity index (χ3v) is 4.14. The number of pyridine rings is 1. The summed E-state index contributed by atoms with van der Waals surface area (Å²) in [5.41, 5.74) is 0.874. The number of hydrogen-bond donors (Lipinski definition) is 1. The first-order valence-electron chi connectivity index (χ1n) is 6.50. The van der Waals surface area contributed by atoms with Crippen molar-refractivity contribution in [2.75, 3.05) is 5.32 Å². The number of rotatable bonds is 5. The first-order chi connectivity index (χ1) is 9.38. The summed E-state index contributed by atoms with van der Waals surface area (Å²) in [6.07, 6.45) is 5.72. The van der Waals surface area contributed by atoms with E-state index in [1.54, 1.807) is 23.8 Å². The van der Waals surface area contributed by atoms with Crippen LogP contribution in [0.2, 0.25) is 0 Å². The highest BCUT2D eigenvalue weighted by Gasteiger charge is 2.14. The third kappa shape index (κ3) is 2.49. The minimum atomic E-state index is 0.318. The van der Waals surface area contributed by atoms with Crippen LogP contribution in [0.25, 0.3) is 11.0 Å². The number of furan rings is 1. The molecule has 0 aliphatic rings. The molecule has 19 heavy (non-hydrogen) atoms. The highest BCUT2D eigenvalue weighted by atomic mass is 32.1. The lowest BCUT2D eigenvalue weighted by Gasteiger charge is -2.17. The van der Waals surface area contributed by atoms with Gasteiger partial charge in [-0.15, -0.1) is 11.3 Å². The Morgan fingerprint density at radius 2 is 2.32 bits per heavy atom. The average molecular weight is 272 g/mol. The summed E-state index contributed by atoms with van der Waals surface area (Å²) < 4.78 is 5.41. The zero-order valence-electron chi connectivity index (χ0n) is 10.8. The fourth-order valence-electron chi connectivity index (χ4n) is 2.24. The van der Waals surface area contributed by atoms with E-state index in [4.69, 9.17) is 4.42 Å². The Morgan fingerprint density at radius 3 is 3.11 bits per heavy atom. The summed E-state index contributed by atoms with van der Waals surface area (Å²) in [6, 6.07) is 8.43. The quantitative estimate of drug-likeness (QED) is 0.722. The van der Waals surface area contributed by atoms with Gasteiger partial charge in [-0.25, -0.2) is 4.98 Å². The van der Waals surface area contributed by atoms with E-state index < -0.39 is 0 Å². The van der Waals surface area contributed by atoms with Gasteiger partial charge in [0.15, 0.2) is 0 Å². The lowest BCUT2D eigenvalue weighted by atomic mass is 10.1. The van der Waals surface area contributed by atoms with Gasteiger partial charge in [-0.05, 0) is 30.0 Å². The Hall–Kier alpha value is -1.81. The minimum absolute atomic E-state index is 0.318. The molecule has 3 nitrogen and oxygen atoms in total. The number of aromatic nitrogens is 1. The van der Waals surface area contributed by atoms with E-state index in [0.29, 0.717) is 6.04 Å². The van der Waals surface area contributed by atoms with Crippen LogP contribution in [0, 0.1) is 0 Å². The highest BCUT2D eigenvalue weighted by molar-refractivity contribution is 7.10. The van der Waals surface area contributed by atoms with Crippen molar-refractivity contribution in [3.8, 4) is 0 Å². The molecule has 3 heterocycles. The number of hydrogen-bond acceptors (Lipinski definition) is 4. The largest absolute Gasteiger partial charge is 0.464 e. The molecule has 0 aromatic carbocycles. The molecule has 4 heteroatoms. The second-order valence-electron chi connectivity index (χ2n) is 4.49. The van der Waals surface area contributed by atoms with E-state index in [-0.39, 0.29) is 0 Å². The summed E-state index contributed by atoms with van der Waals surface area (Å²) in [5.74, 6) is 0.901. The first-order valence-corrected chi connectivity index (χ1v) is 7.38. The van der Waals surface area contributed by atoms with Crippen molar-refractivity contribution in [3.05, 3.63) is 47.0 Å². The Bertz CT molecular complexity index is 645. The van der Waals surface area contributed by atoms with E-state index >= 15 is 0 Å². The van der Waals surface area contributed by atoms with E-state index in [1.165, 1.54) is 4.88 Å². The van der Waals surface area contributed by atoms with Crippen molar-refractivity contribution in [1.82, 2.24) is 4.98 Å². The number of anilines is 1. The van der Waals surface area contributed by atoms with Crippen LogP contribution in [0.5, 0.6) is 0 Å². The van der Waals surface area contributed by atoms with Gasteiger partial charge in [0.25, 0.3) is 0 Å². The SMILES string of the molecule is CCCC(Nc1nccc2occc12)c1cccs1. The first kappa shape index (κ1) is 12.2. The van der Waals surface area contributed by atoms with Gasteiger partial charge in [0.2, 0.25) is 0 Å². The molecule has 0 radical (unpaired) electrons. The molecule has 0 saturated heterocycles. The maximum absolute atomic E-state index is 5.41. The third-order valence-electron chi connectivity index (χ3n) is 3.15. The Labute approximate surface area is 116 Å². The lowest BCUT2D eigenvalue weighted by Crippen LogP contribution is -2.10. The smallest absolute Gasteiger partial charge is 0.139 e. The molecule has 0 saturated carbocycles. The van der Waals surface area contributed by atoms with Crippen molar-refractivity contribution in [3.63, 3.8) is 0 Å². The van der Waals surface area contributed by atoms with Crippen LogP contribution >= 0.6 is 11.3 Å². The highest BCUT2D eigenvalue weighted by Crippen LogP contribution is 2.30. The minimum Gasteiger partial charge on any atom is -0.464 e. The summed E-state index contributed by atoms with van der Waals surface area (Å²) in [7, 11) is 0. The molecular weight excluding hydrogens is 256 g/mol. The van der Waals surface area contributed by atoms with Crippen LogP contribution in [0.4, 0.5) is 5.82 Å². The van der Waals surface area contributed by atoms with E-state index in [9.17, 15) is 0 Å². The Morgan fingerprint density at radius 1 is 1.37 bits per heavy atom. The molecule has 0 fully saturated rings. The molecule has 3 aromatic rings. The molecule has 3 aromatic heterocycles. The van der Waals surface area contributed by atoms with Gasteiger partial charge in [0, 0.05) is 11.1 Å². The predicted octanol–water partition coefficient (Wildman–Crippen LogP) is 4.84. The van der Waals surface area contributed by atoms with Crippen LogP contribution in [0.1, 0.15) is 30.7 Å². The van der Waals surface area contributed by atoms with Crippen LogP contribution in [-0.2, 0) is 0 Å². The number of nitrogens with one attached hydrogen (secondary N) is 1. The fraction of sp³-hybridized carbons (Fsp3) is 0.267. The second kappa shape index (κ2) is 5.45. The fourth-order valence-corrected chi connectivity index (χ4v) is 3.05. The molecule has 0 spiro atoms. The van der Waals surface area contributed by atoms with Crippen LogP contribution in [-0.4, -0.2) is 4.98 Å². The van der Waals surface area contributed by atoms with Crippen molar-refractivity contribution in [1.29, 1.82) is 0 Å². The van der Waals surface area contributed by atoms with E-state index in [0.717, 1.165) is 29.6 Å². The molecule has 3 rings (SSSR count). The summed E-state index contributed by atoms with van der Waals surface area (Å²) in [5, 5.41) is 6.71. The van der Waals surface area contributed by atoms with Gasteiger partial charge in [-0.2, -0.15) is 0 Å². The monoisotopic (exact) mass is 272 g/mol. The van der Waals surface area contributed by atoms with Gasteiger partial charge < -0.3 is 9.73 Å². The molecule has 1 atom stereocenters. The predicted molar refractivity (Wildman–Crippen MR) is 79.6 cm³/mol. The summed E-state index contributed by atoms with van der Waals surface area (Å²) in [4.78, 5) is 5.80.